The highest BCUT2D eigenvalue weighted by Gasteiger charge is 2.23. The number of amides is 1. The van der Waals surface area contributed by atoms with Crippen molar-refractivity contribution >= 4 is 16.9 Å². The topological polar surface area (TPSA) is 55.1 Å². The van der Waals surface area contributed by atoms with Crippen molar-refractivity contribution in [3.63, 3.8) is 0 Å². The fourth-order valence-electron chi connectivity index (χ4n) is 2.40. The molecular formula is C17H14N2O2. The maximum Gasteiger partial charge on any atom is 0.251 e. The third-order valence-corrected chi connectivity index (χ3v) is 3.71. The molecule has 1 saturated carbocycles. The highest BCUT2D eigenvalue weighted by atomic mass is 16.3. The Kier molecular flexibility index (Phi) is 2.74. The van der Waals surface area contributed by atoms with Crippen molar-refractivity contribution in [1.29, 1.82) is 0 Å². The lowest BCUT2D eigenvalue weighted by atomic mass is 10.1. The minimum absolute atomic E-state index is 0.00136. The number of fused-ring (bicyclic) bond motifs is 1. The number of nitrogens with one attached hydrogen (secondary N) is 1. The van der Waals surface area contributed by atoms with Crippen LogP contribution in [-0.2, 0) is 0 Å². The summed E-state index contributed by atoms with van der Waals surface area (Å²) in [6, 6.07) is 11.7. The molecule has 1 aliphatic rings. The Morgan fingerprint density at radius 1 is 1.14 bits per heavy atom. The van der Waals surface area contributed by atoms with Crippen LogP contribution in [0.4, 0.5) is 0 Å². The molecule has 21 heavy (non-hydrogen) atoms. The zero-order chi connectivity index (χ0) is 14.2. The van der Waals surface area contributed by atoms with Crippen molar-refractivity contribution in [3.8, 4) is 11.3 Å². The van der Waals surface area contributed by atoms with Crippen molar-refractivity contribution in [1.82, 2.24) is 10.3 Å². The lowest BCUT2D eigenvalue weighted by Crippen LogP contribution is -2.25. The van der Waals surface area contributed by atoms with Gasteiger partial charge in [0.15, 0.2) is 0 Å². The lowest BCUT2D eigenvalue weighted by molar-refractivity contribution is 0.0951. The van der Waals surface area contributed by atoms with E-state index in [2.05, 4.69) is 10.3 Å². The monoisotopic (exact) mass is 278 g/mol. The number of furan rings is 1. The average molecular weight is 278 g/mol. The van der Waals surface area contributed by atoms with E-state index in [4.69, 9.17) is 4.42 Å². The van der Waals surface area contributed by atoms with Gasteiger partial charge in [0.25, 0.3) is 5.91 Å². The Labute approximate surface area is 121 Å². The summed E-state index contributed by atoms with van der Waals surface area (Å²) in [6.45, 7) is 0. The van der Waals surface area contributed by atoms with E-state index in [9.17, 15) is 4.79 Å². The molecule has 0 bridgehead atoms. The zero-order valence-electron chi connectivity index (χ0n) is 11.4. The Morgan fingerprint density at radius 2 is 1.95 bits per heavy atom. The fourth-order valence-corrected chi connectivity index (χ4v) is 2.40. The maximum atomic E-state index is 12.0. The first-order valence-corrected chi connectivity index (χ1v) is 7.05. The summed E-state index contributed by atoms with van der Waals surface area (Å²) < 4.78 is 5.39. The first-order valence-electron chi connectivity index (χ1n) is 7.05. The van der Waals surface area contributed by atoms with E-state index in [1.165, 1.54) is 0 Å². The number of aromatic nitrogens is 1. The van der Waals surface area contributed by atoms with Gasteiger partial charge < -0.3 is 9.73 Å². The first kappa shape index (κ1) is 12.1. The van der Waals surface area contributed by atoms with Gasteiger partial charge >= 0.3 is 0 Å². The molecule has 0 unspecified atom stereocenters. The standard InChI is InChI=1S/C17H14N2O2/c20-17(19-13-5-6-13)12-3-1-11(2-4-12)16-14-8-10-21-15(14)7-9-18-16/h1-4,7-10,13H,5-6H2,(H,19,20). The van der Waals surface area contributed by atoms with E-state index in [1.54, 1.807) is 12.5 Å². The highest BCUT2D eigenvalue weighted by molar-refractivity contribution is 5.96. The molecule has 1 aliphatic carbocycles. The SMILES string of the molecule is O=C(NC1CC1)c1ccc(-c2nccc3occc23)cc1. The second kappa shape index (κ2) is 4.74. The number of rotatable bonds is 3. The minimum atomic E-state index is -0.00136. The zero-order valence-corrected chi connectivity index (χ0v) is 11.4. The molecule has 0 saturated heterocycles. The van der Waals surface area contributed by atoms with Crippen LogP contribution in [0.1, 0.15) is 23.2 Å². The molecule has 1 fully saturated rings. The van der Waals surface area contributed by atoms with Gasteiger partial charge in [0.2, 0.25) is 0 Å². The number of pyridine rings is 1. The van der Waals surface area contributed by atoms with Crippen LogP contribution in [0.2, 0.25) is 0 Å². The van der Waals surface area contributed by atoms with Gasteiger partial charge in [-0.15, -0.1) is 0 Å². The molecule has 1 amide bonds. The van der Waals surface area contributed by atoms with E-state index < -0.39 is 0 Å². The largest absolute Gasteiger partial charge is 0.464 e. The second-order valence-electron chi connectivity index (χ2n) is 5.32. The predicted molar refractivity (Wildman–Crippen MR) is 79.9 cm³/mol. The maximum absolute atomic E-state index is 12.0. The normalized spacial score (nSPS) is 14.3. The second-order valence-corrected chi connectivity index (χ2v) is 5.32. The summed E-state index contributed by atoms with van der Waals surface area (Å²) in [5.74, 6) is -0.00136. The summed E-state index contributed by atoms with van der Waals surface area (Å²) in [5.41, 5.74) is 3.35. The predicted octanol–water partition coefficient (Wildman–Crippen LogP) is 3.39. The molecule has 0 atom stereocenters. The highest BCUT2D eigenvalue weighted by Crippen LogP contribution is 2.27. The molecule has 1 N–H and O–H groups in total. The van der Waals surface area contributed by atoms with Gasteiger partial charge in [0.1, 0.15) is 5.58 Å². The van der Waals surface area contributed by atoms with Crippen LogP contribution in [0, 0.1) is 0 Å². The van der Waals surface area contributed by atoms with Crippen LogP contribution in [-0.4, -0.2) is 16.9 Å². The minimum Gasteiger partial charge on any atom is -0.464 e. The molecule has 0 spiro atoms. The quantitative estimate of drug-likeness (QED) is 0.799. The first-order chi connectivity index (χ1) is 10.3. The molecule has 4 heteroatoms. The van der Waals surface area contributed by atoms with Gasteiger partial charge in [-0.2, -0.15) is 0 Å². The smallest absolute Gasteiger partial charge is 0.251 e. The number of hydrogen-bond acceptors (Lipinski definition) is 3. The van der Waals surface area contributed by atoms with Gasteiger partial charge in [-0.25, -0.2) is 0 Å². The van der Waals surface area contributed by atoms with Gasteiger partial charge in [0, 0.05) is 28.8 Å². The van der Waals surface area contributed by atoms with Gasteiger partial charge in [0.05, 0.1) is 12.0 Å². The number of nitrogens with zero attached hydrogens (tertiary/aromatic N) is 1. The van der Waals surface area contributed by atoms with Crippen molar-refractivity contribution in [2.75, 3.05) is 0 Å². The average Bonchev–Trinajstić information content (AvgIpc) is 3.20. The summed E-state index contributed by atoms with van der Waals surface area (Å²) >= 11 is 0. The molecular weight excluding hydrogens is 264 g/mol. The van der Waals surface area contributed by atoms with Crippen LogP contribution in [0.3, 0.4) is 0 Å². The van der Waals surface area contributed by atoms with Crippen LogP contribution < -0.4 is 5.32 Å². The van der Waals surface area contributed by atoms with Crippen molar-refractivity contribution in [3.05, 3.63) is 54.4 Å². The third-order valence-electron chi connectivity index (χ3n) is 3.71. The fraction of sp³-hybridized carbons (Fsp3) is 0.176. The van der Waals surface area contributed by atoms with E-state index in [1.807, 2.05) is 36.4 Å². The number of carbonyl (C=O) groups is 1. The molecule has 3 aromatic rings. The molecule has 0 radical (unpaired) electrons. The van der Waals surface area contributed by atoms with E-state index in [0.29, 0.717) is 11.6 Å². The van der Waals surface area contributed by atoms with Crippen LogP contribution in [0.15, 0.2) is 53.3 Å². The number of hydrogen-bond donors (Lipinski definition) is 1. The Balaban J connectivity index is 1.66. The van der Waals surface area contributed by atoms with E-state index >= 15 is 0 Å². The van der Waals surface area contributed by atoms with Gasteiger partial charge in [-0.3, -0.25) is 9.78 Å². The van der Waals surface area contributed by atoms with Crippen LogP contribution >= 0.6 is 0 Å². The molecule has 2 heterocycles. The summed E-state index contributed by atoms with van der Waals surface area (Å²) in [4.78, 5) is 16.4. The molecule has 1 aromatic carbocycles. The lowest BCUT2D eigenvalue weighted by Gasteiger charge is -2.05. The number of benzene rings is 1. The van der Waals surface area contributed by atoms with E-state index in [0.717, 1.165) is 35.1 Å². The molecule has 4 rings (SSSR count). The van der Waals surface area contributed by atoms with Crippen molar-refractivity contribution < 1.29 is 9.21 Å². The Morgan fingerprint density at radius 3 is 2.71 bits per heavy atom. The van der Waals surface area contributed by atoms with E-state index in [-0.39, 0.29) is 5.91 Å². The van der Waals surface area contributed by atoms with Gasteiger partial charge in [-0.05, 0) is 37.1 Å². The summed E-state index contributed by atoms with van der Waals surface area (Å²) in [6.07, 6.45) is 5.58. The Bertz CT molecular complexity index is 801. The molecule has 4 nitrogen and oxygen atoms in total. The van der Waals surface area contributed by atoms with Gasteiger partial charge in [-0.1, -0.05) is 12.1 Å². The summed E-state index contributed by atoms with van der Waals surface area (Å²) in [5, 5.41) is 3.96. The van der Waals surface area contributed by atoms with Crippen molar-refractivity contribution in [2.24, 2.45) is 0 Å². The summed E-state index contributed by atoms with van der Waals surface area (Å²) in [7, 11) is 0. The molecule has 2 aromatic heterocycles. The van der Waals surface area contributed by atoms with Crippen LogP contribution in [0.5, 0.6) is 0 Å². The third kappa shape index (κ3) is 2.29. The van der Waals surface area contributed by atoms with Crippen molar-refractivity contribution in [2.45, 2.75) is 18.9 Å². The Hall–Kier alpha value is -2.62. The number of carbonyl (C=O) groups excluding carboxylic acids is 1. The van der Waals surface area contributed by atoms with Crippen LogP contribution in [0.25, 0.3) is 22.2 Å². The molecule has 104 valence electrons. The molecule has 0 aliphatic heterocycles.